The highest BCUT2D eigenvalue weighted by Crippen LogP contribution is 2.34. The van der Waals surface area contributed by atoms with Crippen LogP contribution in [-0.2, 0) is 12.8 Å². The first-order valence-electron chi connectivity index (χ1n) is 5.99. The van der Waals surface area contributed by atoms with Crippen LogP contribution < -0.4 is 0 Å². The van der Waals surface area contributed by atoms with Gasteiger partial charge >= 0.3 is 0 Å². The first-order chi connectivity index (χ1) is 8.24. The van der Waals surface area contributed by atoms with Crippen LogP contribution in [0.15, 0.2) is 22.0 Å². The Morgan fingerprint density at radius 2 is 1.94 bits per heavy atom. The zero-order valence-corrected chi connectivity index (χ0v) is 12.2. The van der Waals surface area contributed by atoms with E-state index in [2.05, 4.69) is 46.0 Å². The van der Waals surface area contributed by atoms with Gasteiger partial charge in [-0.3, -0.25) is 0 Å². The summed E-state index contributed by atoms with van der Waals surface area (Å²) in [6, 6.07) is 6.82. The first-order valence-corrected chi connectivity index (χ1v) is 7.60. The highest BCUT2D eigenvalue weighted by molar-refractivity contribution is 9.11. The van der Waals surface area contributed by atoms with Gasteiger partial charge in [0.05, 0.1) is 14.5 Å². The minimum Gasteiger partial charge on any atom is -0.240 e. The zero-order chi connectivity index (χ0) is 11.8. The van der Waals surface area contributed by atoms with Crippen molar-refractivity contribution in [3.8, 4) is 11.3 Å². The number of halogens is 1. The van der Waals surface area contributed by atoms with E-state index in [1.165, 1.54) is 42.4 Å². The van der Waals surface area contributed by atoms with Gasteiger partial charge in [-0.1, -0.05) is 12.1 Å². The Balaban J connectivity index is 2.06. The van der Waals surface area contributed by atoms with Crippen molar-refractivity contribution in [2.45, 2.75) is 32.6 Å². The van der Waals surface area contributed by atoms with Crippen LogP contribution >= 0.6 is 27.3 Å². The summed E-state index contributed by atoms with van der Waals surface area (Å²) in [5, 5.41) is 1.12. The zero-order valence-electron chi connectivity index (χ0n) is 9.79. The first kappa shape index (κ1) is 11.4. The quantitative estimate of drug-likeness (QED) is 0.740. The smallest absolute Gasteiger partial charge is 0.0979 e. The molecule has 0 saturated heterocycles. The number of fused-ring (bicyclic) bond motifs is 1. The van der Waals surface area contributed by atoms with Crippen molar-refractivity contribution >= 4 is 27.3 Å². The average molecular weight is 308 g/mol. The molecular weight excluding hydrogens is 294 g/mol. The fourth-order valence-corrected chi connectivity index (χ4v) is 4.14. The third kappa shape index (κ3) is 2.18. The Bertz CT molecular complexity index is 559. The van der Waals surface area contributed by atoms with E-state index >= 15 is 0 Å². The van der Waals surface area contributed by atoms with E-state index in [1.54, 1.807) is 11.3 Å². The summed E-state index contributed by atoms with van der Waals surface area (Å²) >= 11 is 5.31. The second kappa shape index (κ2) is 4.54. The van der Waals surface area contributed by atoms with Gasteiger partial charge in [-0.15, -0.1) is 11.3 Å². The Kier molecular flexibility index (Phi) is 3.05. The van der Waals surface area contributed by atoms with Gasteiger partial charge in [0.2, 0.25) is 0 Å². The molecule has 1 aromatic heterocycles. The minimum atomic E-state index is 1.10. The molecule has 1 aliphatic carbocycles. The standard InChI is InChI=1S/C14H14BrNS/c1-9-16-13(14(15)17-9)12-7-6-10-4-2-3-5-11(10)8-12/h6-8H,2-5H2,1H3. The fourth-order valence-electron chi connectivity index (χ4n) is 2.46. The van der Waals surface area contributed by atoms with Crippen LogP contribution in [0.5, 0.6) is 0 Å². The van der Waals surface area contributed by atoms with Crippen LogP contribution in [0, 0.1) is 6.92 Å². The van der Waals surface area contributed by atoms with Crippen LogP contribution in [0.2, 0.25) is 0 Å². The number of hydrogen-bond donors (Lipinski definition) is 0. The molecule has 1 heterocycles. The molecule has 1 nitrogen and oxygen atoms in total. The van der Waals surface area contributed by atoms with Gasteiger partial charge in [0, 0.05) is 5.56 Å². The Morgan fingerprint density at radius 1 is 1.18 bits per heavy atom. The lowest BCUT2D eigenvalue weighted by Gasteiger charge is -2.16. The molecule has 0 bridgehead atoms. The Labute approximate surface area is 114 Å². The van der Waals surface area contributed by atoms with Gasteiger partial charge in [0.25, 0.3) is 0 Å². The normalized spacial score (nSPS) is 14.7. The number of thiazole rings is 1. The van der Waals surface area contributed by atoms with Crippen LogP contribution in [0.3, 0.4) is 0 Å². The molecule has 2 aromatic rings. The lowest BCUT2D eigenvalue weighted by atomic mass is 9.90. The molecule has 1 aromatic carbocycles. The van der Waals surface area contributed by atoms with E-state index in [-0.39, 0.29) is 0 Å². The summed E-state index contributed by atoms with van der Waals surface area (Å²) in [4.78, 5) is 4.60. The van der Waals surface area contributed by atoms with Crippen molar-refractivity contribution in [1.29, 1.82) is 0 Å². The Morgan fingerprint density at radius 3 is 2.65 bits per heavy atom. The Hall–Kier alpha value is -0.670. The summed E-state index contributed by atoms with van der Waals surface area (Å²) in [6.45, 7) is 2.05. The molecule has 0 unspecified atom stereocenters. The minimum absolute atomic E-state index is 1.10. The molecule has 0 fully saturated rings. The number of aromatic nitrogens is 1. The summed E-state index contributed by atoms with van der Waals surface area (Å²) in [6.07, 6.45) is 5.14. The topological polar surface area (TPSA) is 12.9 Å². The number of benzene rings is 1. The van der Waals surface area contributed by atoms with Gasteiger partial charge in [-0.2, -0.15) is 0 Å². The fraction of sp³-hybridized carbons (Fsp3) is 0.357. The number of aryl methyl sites for hydroxylation is 3. The third-order valence-corrected chi connectivity index (χ3v) is 4.94. The summed E-state index contributed by atoms with van der Waals surface area (Å²) in [5.74, 6) is 0. The highest BCUT2D eigenvalue weighted by Gasteiger charge is 2.13. The van der Waals surface area contributed by atoms with Crippen molar-refractivity contribution < 1.29 is 0 Å². The highest BCUT2D eigenvalue weighted by atomic mass is 79.9. The summed E-state index contributed by atoms with van der Waals surface area (Å²) in [7, 11) is 0. The van der Waals surface area contributed by atoms with E-state index in [9.17, 15) is 0 Å². The largest absolute Gasteiger partial charge is 0.240 e. The van der Waals surface area contributed by atoms with Crippen LogP contribution in [0.4, 0.5) is 0 Å². The third-order valence-electron chi connectivity index (χ3n) is 3.31. The molecule has 88 valence electrons. The summed E-state index contributed by atoms with van der Waals surface area (Å²) in [5.41, 5.74) is 5.40. The maximum Gasteiger partial charge on any atom is 0.0979 e. The van der Waals surface area contributed by atoms with Crippen LogP contribution in [-0.4, -0.2) is 4.98 Å². The predicted molar refractivity (Wildman–Crippen MR) is 76.6 cm³/mol. The molecule has 1 aliphatic rings. The maximum absolute atomic E-state index is 4.60. The SMILES string of the molecule is Cc1nc(-c2ccc3c(c2)CCCC3)c(Br)s1. The molecule has 3 heteroatoms. The predicted octanol–water partition coefficient (Wildman–Crippen LogP) is 4.76. The van der Waals surface area contributed by atoms with Gasteiger partial charge < -0.3 is 0 Å². The molecular formula is C14H14BrNS. The molecule has 0 amide bonds. The maximum atomic E-state index is 4.60. The van der Waals surface area contributed by atoms with E-state index in [1.807, 2.05) is 0 Å². The molecule has 0 radical (unpaired) electrons. The number of rotatable bonds is 1. The molecule has 0 spiro atoms. The summed E-state index contributed by atoms with van der Waals surface area (Å²) < 4.78 is 1.14. The lowest BCUT2D eigenvalue weighted by Crippen LogP contribution is -2.02. The second-order valence-electron chi connectivity index (χ2n) is 4.55. The monoisotopic (exact) mass is 307 g/mol. The van der Waals surface area contributed by atoms with Gasteiger partial charge in [0.15, 0.2) is 0 Å². The van der Waals surface area contributed by atoms with Crippen molar-refractivity contribution in [2.24, 2.45) is 0 Å². The molecule has 3 rings (SSSR count). The van der Waals surface area contributed by atoms with E-state index in [0.29, 0.717) is 0 Å². The van der Waals surface area contributed by atoms with Crippen molar-refractivity contribution in [3.63, 3.8) is 0 Å². The van der Waals surface area contributed by atoms with Gasteiger partial charge in [-0.25, -0.2) is 4.98 Å². The van der Waals surface area contributed by atoms with Gasteiger partial charge in [-0.05, 0) is 65.7 Å². The van der Waals surface area contributed by atoms with Crippen LogP contribution in [0.1, 0.15) is 29.0 Å². The van der Waals surface area contributed by atoms with Crippen molar-refractivity contribution in [2.75, 3.05) is 0 Å². The lowest BCUT2D eigenvalue weighted by molar-refractivity contribution is 0.686. The molecule has 0 aliphatic heterocycles. The molecule has 17 heavy (non-hydrogen) atoms. The molecule has 0 N–H and O–H groups in total. The molecule has 0 atom stereocenters. The van der Waals surface area contributed by atoms with Gasteiger partial charge in [0.1, 0.15) is 0 Å². The van der Waals surface area contributed by atoms with Crippen molar-refractivity contribution in [1.82, 2.24) is 4.98 Å². The van der Waals surface area contributed by atoms with Crippen LogP contribution in [0.25, 0.3) is 11.3 Å². The average Bonchev–Trinajstić information content (AvgIpc) is 2.68. The van der Waals surface area contributed by atoms with E-state index in [4.69, 9.17) is 0 Å². The number of hydrogen-bond acceptors (Lipinski definition) is 2. The van der Waals surface area contributed by atoms with E-state index < -0.39 is 0 Å². The van der Waals surface area contributed by atoms with Crippen molar-refractivity contribution in [3.05, 3.63) is 38.1 Å². The number of nitrogens with zero attached hydrogens (tertiary/aromatic N) is 1. The van der Waals surface area contributed by atoms with E-state index in [0.717, 1.165) is 14.5 Å². The second-order valence-corrected chi connectivity index (χ2v) is 7.07. The molecule has 0 saturated carbocycles.